The number of ether oxygens (including phenoxy) is 2. The number of hydrogen-bond acceptors (Lipinski definition) is 4. The Morgan fingerprint density at radius 2 is 1.73 bits per heavy atom. The van der Waals surface area contributed by atoms with Crippen LogP contribution in [0.4, 0.5) is 5.69 Å². The first-order chi connectivity index (χ1) is 10.6. The normalized spacial score (nSPS) is 9.91. The molecule has 2 rings (SSSR count). The summed E-state index contributed by atoms with van der Waals surface area (Å²) in [5, 5.41) is 2.72. The van der Waals surface area contributed by atoms with E-state index in [1.54, 1.807) is 42.5 Å². The van der Waals surface area contributed by atoms with Crippen LogP contribution in [0, 0.1) is 0 Å². The number of nitrogens with one attached hydrogen (secondary N) is 1. The molecule has 1 amide bonds. The van der Waals surface area contributed by atoms with Crippen LogP contribution in [0.15, 0.2) is 48.5 Å². The van der Waals surface area contributed by atoms with Gasteiger partial charge in [0.05, 0.1) is 12.8 Å². The van der Waals surface area contributed by atoms with E-state index in [4.69, 9.17) is 9.47 Å². The highest BCUT2D eigenvalue weighted by Crippen LogP contribution is 2.22. The van der Waals surface area contributed by atoms with E-state index in [0.29, 0.717) is 22.7 Å². The minimum Gasteiger partial charge on any atom is -0.495 e. The lowest BCUT2D eigenvalue weighted by atomic mass is 10.1. The van der Waals surface area contributed by atoms with Gasteiger partial charge >= 0.3 is 0 Å². The first-order valence-corrected chi connectivity index (χ1v) is 6.77. The summed E-state index contributed by atoms with van der Waals surface area (Å²) in [6.07, 6.45) is 0. The van der Waals surface area contributed by atoms with Crippen molar-refractivity contribution in [1.82, 2.24) is 0 Å². The van der Waals surface area contributed by atoms with Gasteiger partial charge in [-0.1, -0.05) is 12.1 Å². The van der Waals surface area contributed by atoms with Crippen LogP contribution >= 0.6 is 0 Å². The Hall–Kier alpha value is -2.82. The van der Waals surface area contributed by atoms with Crippen LogP contribution in [0.5, 0.6) is 11.5 Å². The zero-order valence-electron chi connectivity index (χ0n) is 12.5. The molecule has 2 aromatic rings. The molecule has 0 atom stereocenters. The molecule has 5 heteroatoms. The van der Waals surface area contributed by atoms with Gasteiger partial charge in [-0.3, -0.25) is 9.59 Å². The third-order valence-electron chi connectivity index (χ3n) is 3.01. The number of Topliss-reactive ketones (excluding diaryl/α,β-unsaturated/α-hetero) is 1. The zero-order chi connectivity index (χ0) is 15.9. The standard InChI is InChI=1S/C17H17NO4/c1-12(19)13-7-9-14(10-8-13)22-11-17(20)18-15-5-3-4-6-16(15)21-2/h3-10H,11H2,1-2H3,(H,18,20). The van der Waals surface area contributed by atoms with Crippen molar-refractivity contribution in [2.24, 2.45) is 0 Å². The number of rotatable bonds is 6. The molecule has 0 saturated heterocycles. The van der Waals surface area contributed by atoms with Crippen molar-refractivity contribution < 1.29 is 19.1 Å². The fourth-order valence-electron chi connectivity index (χ4n) is 1.87. The van der Waals surface area contributed by atoms with Gasteiger partial charge in [-0.05, 0) is 43.3 Å². The smallest absolute Gasteiger partial charge is 0.262 e. The molecule has 0 aromatic heterocycles. The minimum atomic E-state index is -0.292. The molecule has 1 N–H and O–H groups in total. The Bertz CT molecular complexity index is 665. The van der Waals surface area contributed by atoms with Crippen LogP contribution in [-0.2, 0) is 4.79 Å². The molecule has 0 unspecified atom stereocenters. The summed E-state index contributed by atoms with van der Waals surface area (Å²) in [6.45, 7) is 1.37. The van der Waals surface area contributed by atoms with E-state index >= 15 is 0 Å². The summed E-state index contributed by atoms with van der Waals surface area (Å²) < 4.78 is 10.5. The fraction of sp³-hybridized carbons (Fsp3) is 0.176. The topological polar surface area (TPSA) is 64.6 Å². The number of benzene rings is 2. The maximum absolute atomic E-state index is 11.9. The van der Waals surface area contributed by atoms with Gasteiger partial charge in [-0.25, -0.2) is 0 Å². The summed E-state index contributed by atoms with van der Waals surface area (Å²) in [7, 11) is 1.54. The second-order valence-electron chi connectivity index (χ2n) is 4.62. The van der Waals surface area contributed by atoms with E-state index in [-0.39, 0.29) is 18.3 Å². The molecule has 114 valence electrons. The molecule has 22 heavy (non-hydrogen) atoms. The quantitative estimate of drug-likeness (QED) is 0.833. The Morgan fingerprint density at radius 3 is 2.36 bits per heavy atom. The van der Waals surface area contributed by atoms with Gasteiger partial charge in [-0.15, -0.1) is 0 Å². The number of carbonyl (C=O) groups excluding carboxylic acids is 2. The lowest BCUT2D eigenvalue weighted by Gasteiger charge is -2.10. The lowest BCUT2D eigenvalue weighted by Crippen LogP contribution is -2.20. The molecule has 0 bridgehead atoms. The van der Waals surface area contributed by atoms with E-state index in [1.807, 2.05) is 6.07 Å². The zero-order valence-corrected chi connectivity index (χ0v) is 12.5. The lowest BCUT2D eigenvalue weighted by molar-refractivity contribution is -0.118. The first kappa shape index (κ1) is 15.6. The molecule has 0 aliphatic rings. The highest BCUT2D eigenvalue weighted by molar-refractivity contribution is 5.94. The Kier molecular flexibility index (Phi) is 5.14. The van der Waals surface area contributed by atoms with Crippen molar-refractivity contribution in [3.8, 4) is 11.5 Å². The van der Waals surface area contributed by atoms with Crippen molar-refractivity contribution in [1.29, 1.82) is 0 Å². The van der Waals surface area contributed by atoms with Crippen LogP contribution in [-0.4, -0.2) is 25.4 Å². The number of methoxy groups -OCH3 is 1. The van der Waals surface area contributed by atoms with Gasteiger partial charge in [-0.2, -0.15) is 0 Å². The molecule has 0 radical (unpaired) electrons. The number of ketones is 1. The molecule has 2 aromatic carbocycles. The van der Waals surface area contributed by atoms with Crippen LogP contribution < -0.4 is 14.8 Å². The highest BCUT2D eigenvalue weighted by atomic mass is 16.5. The second kappa shape index (κ2) is 7.26. The van der Waals surface area contributed by atoms with Gasteiger partial charge in [0.15, 0.2) is 12.4 Å². The van der Waals surface area contributed by atoms with Gasteiger partial charge in [0.2, 0.25) is 0 Å². The van der Waals surface area contributed by atoms with Gasteiger partial charge in [0.25, 0.3) is 5.91 Å². The molecule has 5 nitrogen and oxygen atoms in total. The number of carbonyl (C=O) groups is 2. The fourth-order valence-corrected chi connectivity index (χ4v) is 1.87. The minimum absolute atomic E-state index is 0.0135. The Balaban J connectivity index is 1.91. The van der Waals surface area contributed by atoms with E-state index < -0.39 is 0 Å². The van der Waals surface area contributed by atoms with Crippen LogP contribution in [0.2, 0.25) is 0 Å². The molecule has 0 saturated carbocycles. The van der Waals surface area contributed by atoms with E-state index in [2.05, 4.69) is 5.32 Å². The average Bonchev–Trinajstić information content (AvgIpc) is 2.54. The SMILES string of the molecule is COc1ccccc1NC(=O)COc1ccc(C(C)=O)cc1. The van der Waals surface area contributed by atoms with E-state index in [1.165, 1.54) is 14.0 Å². The van der Waals surface area contributed by atoms with Crippen molar-refractivity contribution in [2.75, 3.05) is 19.0 Å². The monoisotopic (exact) mass is 299 g/mol. The van der Waals surface area contributed by atoms with Crippen molar-refractivity contribution >= 4 is 17.4 Å². The number of para-hydroxylation sites is 2. The predicted octanol–water partition coefficient (Wildman–Crippen LogP) is 2.92. The molecule has 0 heterocycles. The molecule has 0 fully saturated rings. The maximum atomic E-state index is 11.9. The van der Waals surface area contributed by atoms with Crippen molar-refractivity contribution in [2.45, 2.75) is 6.92 Å². The summed E-state index contributed by atoms with van der Waals surface area (Å²) in [6, 6.07) is 13.8. The summed E-state index contributed by atoms with van der Waals surface area (Å²) in [5.74, 6) is 0.808. The van der Waals surface area contributed by atoms with E-state index in [0.717, 1.165) is 0 Å². The third-order valence-corrected chi connectivity index (χ3v) is 3.01. The van der Waals surface area contributed by atoms with Crippen LogP contribution in [0.25, 0.3) is 0 Å². The molecule has 0 spiro atoms. The largest absolute Gasteiger partial charge is 0.495 e. The summed E-state index contributed by atoms with van der Waals surface area (Å²) in [4.78, 5) is 23.1. The second-order valence-corrected chi connectivity index (χ2v) is 4.62. The van der Waals surface area contributed by atoms with E-state index in [9.17, 15) is 9.59 Å². The summed E-state index contributed by atoms with van der Waals surface area (Å²) >= 11 is 0. The Morgan fingerprint density at radius 1 is 1.05 bits per heavy atom. The van der Waals surface area contributed by atoms with Crippen molar-refractivity contribution in [3.63, 3.8) is 0 Å². The van der Waals surface area contributed by atoms with Crippen LogP contribution in [0.3, 0.4) is 0 Å². The third kappa shape index (κ3) is 4.09. The summed E-state index contributed by atoms with van der Waals surface area (Å²) in [5.41, 5.74) is 1.19. The van der Waals surface area contributed by atoms with Gasteiger partial charge in [0.1, 0.15) is 11.5 Å². The van der Waals surface area contributed by atoms with Crippen LogP contribution in [0.1, 0.15) is 17.3 Å². The Labute approximate surface area is 128 Å². The molecular weight excluding hydrogens is 282 g/mol. The number of amides is 1. The highest BCUT2D eigenvalue weighted by Gasteiger charge is 2.08. The van der Waals surface area contributed by atoms with Crippen molar-refractivity contribution in [3.05, 3.63) is 54.1 Å². The molecule has 0 aliphatic heterocycles. The molecule has 0 aliphatic carbocycles. The first-order valence-electron chi connectivity index (χ1n) is 6.77. The maximum Gasteiger partial charge on any atom is 0.262 e. The van der Waals surface area contributed by atoms with Gasteiger partial charge in [0, 0.05) is 5.56 Å². The van der Waals surface area contributed by atoms with Gasteiger partial charge < -0.3 is 14.8 Å². The predicted molar refractivity (Wildman–Crippen MR) is 83.6 cm³/mol. The number of anilines is 1. The number of hydrogen-bond donors (Lipinski definition) is 1. The molecular formula is C17H17NO4. The average molecular weight is 299 g/mol.